The highest BCUT2D eigenvalue weighted by molar-refractivity contribution is 7.99. The summed E-state index contributed by atoms with van der Waals surface area (Å²) in [5.41, 5.74) is -0.203. The van der Waals surface area contributed by atoms with E-state index in [4.69, 9.17) is 0 Å². The molecular formula is C12H20N2S. The topological polar surface area (TPSA) is 35.8 Å². The second-order valence-electron chi connectivity index (χ2n) is 4.83. The van der Waals surface area contributed by atoms with Crippen LogP contribution in [-0.2, 0) is 0 Å². The molecule has 1 aliphatic heterocycles. The third-order valence-electron chi connectivity index (χ3n) is 3.54. The van der Waals surface area contributed by atoms with E-state index in [1.807, 2.05) is 11.8 Å². The number of nitrogens with one attached hydrogen (secondary N) is 1. The first kappa shape index (κ1) is 11.3. The Bertz CT molecular complexity index is 234. The fourth-order valence-corrected chi connectivity index (χ4v) is 3.80. The minimum atomic E-state index is -0.203. The Morgan fingerprint density at radius 1 is 1.20 bits per heavy atom. The smallest absolute Gasteiger partial charge is 0.116 e. The Kier molecular flexibility index (Phi) is 3.93. The maximum Gasteiger partial charge on any atom is 0.116 e. The quantitative estimate of drug-likeness (QED) is 0.783. The SMILES string of the molecule is N#CC1(NC2CCCCC2)CCCSC1. The van der Waals surface area contributed by atoms with Crippen molar-refractivity contribution in [2.75, 3.05) is 11.5 Å². The third-order valence-corrected chi connectivity index (χ3v) is 4.81. The number of nitriles is 1. The van der Waals surface area contributed by atoms with Gasteiger partial charge in [0.2, 0.25) is 0 Å². The number of hydrogen-bond acceptors (Lipinski definition) is 3. The van der Waals surface area contributed by atoms with Gasteiger partial charge in [0, 0.05) is 11.8 Å². The Labute approximate surface area is 96.8 Å². The molecular weight excluding hydrogens is 204 g/mol. The van der Waals surface area contributed by atoms with Crippen LogP contribution in [0.5, 0.6) is 0 Å². The summed E-state index contributed by atoms with van der Waals surface area (Å²) in [5, 5.41) is 13.0. The van der Waals surface area contributed by atoms with Crippen molar-refractivity contribution in [2.45, 2.75) is 56.5 Å². The number of nitrogens with zero attached hydrogens (tertiary/aromatic N) is 1. The molecule has 0 radical (unpaired) electrons. The van der Waals surface area contributed by atoms with Crippen LogP contribution in [0.15, 0.2) is 0 Å². The lowest BCUT2D eigenvalue weighted by atomic mass is 9.90. The average molecular weight is 224 g/mol. The second kappa shape index (κ2) is 5.23. The molecule has 2 nitrogen and oxygen atoms in total. The molecule has 84 valence electrons. The van der Waals surface area contributed by atoms with Gasteiger partial charge >= 0.3 is 0 Å². The van der Waals surface area contributed by atoms with Crippen LogP contribution in [0.1, 0.15) is 44.9 Å². The zero-order chi connectivity index (χ0) is 10.6. The monoisotopic (exact) mass is 224 g/mol. The van der Waals surface area contributed by atoms with E-state index < -0.39 is 0 Å². The van der Waals surface area contributed by atoms with Gasteiger partial charge in [0.15, 0.2) is 0 Å². The van der Waals surface area contributed by atoms with Gasteiger partial charge in [0.05, 0.1) is 6.07 Å². The maximum atomic E-state index is 9.35. The van der Waals surface area contributed by atoms with Gasteiger partial charge in [-0.25, -0.2) is 0 Å². The lowest BCUT2D eigenvalue weighted by molar-refractivity contribution is 0.296. The summed E-state index contributed by atoms with van der Waals surface area (Å²) in [6.45, 7) is 0. The van der Waals surface area contributed by atoms with Crippen LogP contribution in [0.2, 0.25) is 0 Å². The van der Waals surface area contributed by atoms with Crippen molar-refractivity contribution in [3.8, 4) is 6.07 Å². The molecule has 0 bridgehead atoms. The predicted molar refractivity (Wildman–Crippen MR) is 64.9 cm³/mol. The molecule has 0 aromatic rings. The van der Waals surface area contributed by atoms with Crippen molar-refractivity contribution < 1.29 is 0 Å². The molecule has 1 atom stereocenters. The van der Waals surface area contributed by atoms with Gasteiger partial charge in [-0.15, -0.1) is 0 Å². The lowest BCUT2D eigenvalue weighted by Crippen LogP contribution is -2.53. The first-order valence-electron chi connectivity index (χ1n) is 6.11. The molecule has 1 N–H and O–H groups in total. The van der Waals surface area contributed by atoms with Gasteiger partial charge in [0.25, 0.3) is 0 Å². The van der Waals surface area contributed by atoms with Gasteiger partial charge in [-0.1, -0.05) is 19.3 Å². The molecule has 2 rings (SSSR count). The summed E-state index contributed by atoms with van der Waals surface area (Å²) in [6, 6.07) is 3.14. The molecule has 1 saturated carbocycles. The molecule has 0 aromatic heterocycles. The molecule has 15 heavy (non-hydrogen) atoms. The van der Waals surface area contributed by atoms with Crippen molar-refractivity contribution in [2.24, 2.45) is 0 Å². The van der Waals surface area contributed by atoms with E-state index in [0.717, 1.165) is 12.2 Å². The summed E-state index contributed by atoms with van der Waals surface area (Å²) < 4.78 is 0. The lowest BCUT2D eigenvalue weighted by Gasteiger charge is -2.36. The predicted octanol–water partition coefficient (Wildman–Crippen LogP) is 2.70. The van der Waals surface area contributed by atoms with Crippen molar-refractivity contribution >= 4 is 11.8 Å². The van der Waals surface area contributed by atoms with Crippen molar-refractivity contribution in [1.82, 2.24) is 5.32 Å². The van der Waals surface area contributed by atoms with Crippen LogP contribution in [0, 0.1) is 11.3 Å². The third kappa shape index (κ3) is 2.89. The fraction of sp³-hybridized carbons (Fsp3) is 0.917. The van der Waals surface area contributed by atoms with E-state index in [1.165, 1.54) is 44.3 Å². The van der Waals surface area contributed by atoms with Crippen LogP contribution in [0.3, 0.4) is 0 Å². The normalized spacial score (nSPS) is 33.5. The number of rotatable bonds is 2. The Morgan fingerprint density at radius 3 is 2.60 bits per heavy atom. The van der Waals surface area contributed by atoms with E-state index in [-0.39, 0.29) is 5.54 Å². The molecule has 0 spiro atoms. The molecule has 1 aliphatic carbocycles. The molecule has 2 fully saturated rings. The van der Waals surface area contributed by atoms with Crippen LogP contribution in [-0.4, -0.2) is 23.1 Å². The molecule has 1 heterocycles. The Balaban J connectivity index is 1.91. The van der Waals surface area contributed by atoms with E-state index in [9.17, 15) is 5.26 Å². The molecule has 0 amide bonds. The van der Waals surface area contributed by atoms with Gasteiger partial charge in [-0.2, -0.15) is 17.0 Å². The Hall–Kier alpha value is -0.200. The average Bonchev–Trinajstić information content (AvgIpc) is 2.32. The van der Waals surface area contributed by atoms with E-state index in [1.54, 1.807) is 0 Å². The molecule has 1 saturated heterocycles. The number of hydrogen-bond donors (Lipinski definition) is 1. The van der Waals surface area contributed by atoms with Crippen molar-refractivity contribution in [3.63, 3.8) is 0 Å². The summed E-state index contributed by atoms with van der Waals surface area (Å²) in [5.74, 6) is 2.22. The first-order chi connectivity index (χ1) is 7.35. The number of thioether (sulfide) groups is 1. The standard InChI is InChI=1S/C12H20N2S/c13-9-12(7-4-8-15-10-12)14-11-5-2-1-3-6-11/h11,14H,1-8,10H2. The van der Waals surface area contributed by atoms with E-state index in [0.29, 0.717) is 6.04 Å². The highest BCUT2D eigenvalue weighted by atomic mass is 32.2. The molecule has 3 heteroatoms. The van der Waals surface area contributed by atoms with Gasteiger partial charge in [-0.3, -0.25) is 5.32 Å². The molecule has 0 aromatic carbocycles. The minimum absolute atomic E-state index is 0.203. The van der Waals surface area contributed by atoms with Crippen LogP contribution in [0.25, 0.3) is 0 Å². The maximum absolute atomic E-state index is 9.35. The van der Waals surface area contributed by atoms with Gasteiger partial charge in [-0.05, 0) is 31.4 Å². The minimum Gasteiger partial charge on any atom is -0.296 e. The summed E-state index contributed by atoms with van der Waals surface area (Å²) in [7, 11) is 0. The summed E-state index contributed by atoms with van der Waals surface area (Å²) >= 11 is 1.93. The van der Waals surface area contributed by atoms with Crippen LogP contribution >= 0.6 is 11.8 Å². The van der Waals surface area contributed by atoms with Crippen molar-refractivity contribution in [1.29, 1.82) is 5.26 Å². The highest BCUT2D eigenvalue weighted by Gasteiger charge is 2.34. The summed E-state index contributed by atoms with van der Waals surface area (Å²) in [4.78, 5) is 0. The van der Waals surface area contributed by atoms with Crippen LogP contribution in [0.4, 0.5) is 0 Å². The highest BCUT2D eigenvalue weighted by Crippen LogP contribution is 2.29. The van der Waals surface area contributed by atoms with Crippen LogP contribution < -0.4 is 5.32 Å². The Morgan fingerprint density at radius 2 is 2.00 bits per heavy atom. The van der Waals surface area contributed by atoms with E-state index >= 15 is 0 Å². The zero-order valence-corrected chi connectivity index (χ0v) is 10.1. The second-order valence-corrected chi connectivity index (χ2v) is 5.93. The summed E-state index contributed by atoms with van der Waals surface area (Å²) in [6.07, 6.45) is 8.85. The van der Waals surface area contributed by atoms with Gasteiger partial charge < -0.3 is 0 Å². The molecule has 2 aliphatic rings. The van der Waals surface area contributed by atoms with E-state index in [2.05, 4.69) is 11.4 Å². The first-order valence-corrected chi connectivity index (χ1v) is 7.27. The fourth-order valence-electron chi connectivity index (χ4n) is 2.67. The zero-order valence-electron chi connectivity index (χ0n) is 9.30. The van der Waals surface area contributed by atoms with Gasteiger partial charge in [0.1, 0.15) is 5.54 Å². The molecule has 1 unspecified atom stereocenters. The largest absolute Gasteiger partial charge is 0.296 e. The van der Waals surface area contributed by atoms with Crippen molar-refractivity contribution in [3.05, 3.63) is 0 Å².